The highest BCUT2D eigenvalue weighted by Gasteiger charge is 2.19. The van der Waals surface area contributed by atoms with Crippen molar-refractivity contribution in [3.05, 3.63) is 42.2 Å². The molecule has 1 aromatic carbocycles. The molecule has 0 amide bonds. The first-order chi connectivity index (χ1) is 10.0. The Balaban J connectivity index is 1.93. The van der Waals surface area contributed by atoms with E-state index < -0.39 is 0 Å². The molecule has 2 aromatic rings. The molecule has 0 fully saturated rings. The molecule has 110 valence electrons. The van der Waals surface area contributed by atoms with E-state index in [1.807, 2.05) is 6.07 Å². The van der Waals surface area contributed by atoms with Crippen LogP contribution in [-0.4, -0.2) is 22.1 Å². The Morgan fingerprint density at radius 3 is 2.76 bits per heavy atom. The van der Waals surface area contributed by atoms with Crippen LogP contribution in [-0.2, 0) is 6.42 Å². The first-order valence-corrected chi connectivity index (χ1v) is 7.49. The van der Waals surface area contributed by atoms with Gasteiger partial charge in [-0.25, -0.2) is 9.97 Å². The number of nitrogens with one attached hydrogen (secondary N) is 1. The van der Waals surface area contributed by atoms with Gasteiger partial charge in [-0.1, -0.05) is 18.2 Å². The third kappa shape index (κ3) is 3.15. The maximum Gasteiger partial charge on any atom is 0.138 e. The van der Waals surface area contributed by atoms with Crippen LogP contribution < -0.4 is 10.2 Å². The SMILES string of the molecule is CC(C)(C)Nc1cc(N2CCCc3ccccc32)ncn1. The number of benzene rings is 1. The summed E-state index contributed by atoms with van der Waals surface area (Å²) < 4.78 is 0. The Morgan fingerprint density at radius 1 is 1.14 bits per heavy atom. The minimum absolute atomic E-state index is 0.00850. The van der Waals surface area contributed by atoms with Crippen LogP contribution in [0.15, 0.2) is 36.7 Å². The Morgan fingerprint density at radius 2 is 1.95 bits per heavy atom. The minimum atomic E-state index is -0.00850. The number of rotatable bonds is 2. The summed E-state index contributed by atoms with van der Waals surface area (Å²) in [4.78, 5) is 11.1. The summed E-state index contributed by atoms with van der Waals surface area (Å²) in [6.45, 7) is 7.39. The van der Waals surface area contributed by atoms with E-state index in [0.29, 0.717) is 0 Å². The first-order valence-electron chi connectivity index (χ1n) is 7.49. The molecule has 2 heterocycles. The second-order valence-electron chi connectivity index (χ2n) is 6.52. The number of hydrogen-bond acceptors (Lipinski definition) is 4. The summed E-state index contributed by atoms with van der Waals surface area (Å²) in [7, 11) is 0. The van der Waals surface area contributed by atoms with E-state index in [1.54, 1.807) is 6.33 Å². The third-order valence-corrected chi connectivity index (χ3v) is 3.54. The van der Waals surface area contributed by atoms with Gasteiger partial charge in [0, 0.05) is 23.8 Å². The zero-order valence-corrected chi connectivity index (χ0v) is 12.9. The van der Waals surface area contributed by atoms with Crippen molar-refractivity contribution in [3.63, 3.8) is 0 Å². The van der Waals surface area contributed by atoms with Crippen LogP contribution in [0.1, 0.15) is 32.8 Å². The largest absolute Gasteiger partial charge is 0.365 e. The van der Waals surface area contributed by atoms with Crippen molar-refractivity contribution < 1.29 is 0 Å². The van der Waals surface area contributed by atoms with Crippen LogP contribution in [0, 0.1) is 0 Å². The van der Waals surface area contributed by atoms with Gasteiger partial charge in [-0.05, 0) is 45.2 Å². The third-order valence-electron chi connectivity index (χ3n) is 3.54. The Kier molecular flexibility index (Phi) is 3.53. The lowest BCUT2D eigenvalue weighted by Crippen LogP contribution is -2.28. The van der Waals surface area contributed by atoms with Gasteiger partial charge in [-0.2, -0.15) is 0 Å². The van der Waals surface area contributed by atoms with Gasteiger partial charge in [-0.15, -0.1) is 0 Å². The molecule has 0 bridgehead atoms. The van der Waals surface area contributed by atoms with E-state index in [4.69, 9.17) is 0 Å². The second-order valence-corrected chi connectivity index (χ2v) is 6.52. The molecule has 0 aliphatic carbocycles. The van der Waals surface area contributed by atoms with Crippen LogP contribution in [0.5, 0.6) is 0 Å². The molecule has 0 saturated carbocycles. The van der Waals surface area contributed by atoms with Crippen LogP contribution in [0.4, 0.5) is 17.3 Å². The smallest absolute Gasteiger partial charge is 0.138 e. The summed E-state index contributed by atoms with van der Waals surface area (Å²) in [5.41, 5.74) is 2.66. The molecule has 3 rings (SSSR count). The van der Waals surface area contributed by atoms with E-state index in [1.165, 1.54) is 11.3 Å². The Labute approximate surface area is 126 Å². The highest BCUT2D eigenvalue weighted by molar-refractivity contribution is 5.66. The zero-order valence-electron chi connectivity index (χ0n) is 12.9. The molecule has 4 heteroatoms. The highest BCUT2D eigenvalue weighted by Crippen LogP contribution is 2.32. The average Bonchev–Trinajstić information content (AvgIpc) is 2.45. The Hall–Kier alpha value is -2.10. The van der Waals surface area contributed by atoms with Crippen LogP contribution in [0.3, 0.4) is 0 Å². The van der Waals surface area contributed by atoms with E-state index >= 15 is 0 Å². The van der Waals surface area contributed by atoms with Crippen molar-refractivity contribution in [2.75, 3.05) is 16.8 Å². The molecule has 4 nitrogen and oxygen atoms in total. The van der Waals surface area contributed by atoms with E-state index in [-0.39, 0.29) is 5.54 Å². The number of fused-ring (bicyclic) bond motifs is 1. The average molecular weight is 282 g/mol. The van der Waals surface area contributed by atoms with Gasteiger partial charge in [0.25, 0.3) is 0 Å². The summed E-state index contributed by atoms with van der Waals surface area (Å²) in [5.74, 6) is 1.83. The normalized spacial score (nSPS) is 14.7. The van der Waals surface area contributed by atoms with Crippen molar-refractivity contribution in [2.45, 2.75) is 39.2 Å². The van der Waals surface area contributed by atoms with Crippen molar-refractivity contribution in [1.29, 1.82) is 0 Å². The van der Waals surface area contributed by atoms with Crippen LogP contribution in [0.25, 0.3) is 0 Å². The van der Waals surface area contributed by atoms with E-state index in [2.05, 4.69) is 65.2 Å². The first kappa shape index (κ1) is 13.9. The molecule has 0 atom stereocenters. The lowest BCUT2D eigenvalue weighted by molar-refractivity contribution is 0.630. The van der Waals surface area contributed by atoms with Gasteiger partial charge in [0.1, 0.15) is 18.0 Å². The molecule has 0 spiro atoms. The number of hydrogen-bond donors (Lipinski definition) is 1. The molecule has 1 aliphatic heterocycles. The van der Waals surface area contributed by atoms with Gasteiger partial charge < -0.3 is 10.2 Å². The maximum absolute atomic E-state index is 4.47. The summed E-state index contributed by atoms with van der Waals surface area (Å²) >= 11 is 0. The van der Waals surface area contributed by atoms with E-state index in [0.717, 1.165) is 31.0 Å². The fraction of sp³-hybridized carbons (Fsp3) is 0.412. The van der Waals surface area contributed by atoms with Gasteiger partial charge in [-0.3, -0.25) is 0 Å². The fourth-order valence-corrected chi connectivity index (χ4v) is 2.72. The molecule has 0 radical (unpaired) electrons. The van der Waals surface area contributed by atoms with Crippen molar-refractivity contribution in [1.82, 2.24) is 9.97 Å². The number of nitrogens with zero attached hydrogens (tertiary/aromatic N) is 3. The molecule has 1 aliphatic rings. The molecule has 0 saturated heterocycles. The predicted octanol–water partition coefficient (Wildman–Crippen LogP) is 3.77. The Bertz CT molecular complexity index is 631. The van der Waals surface area contributed by atoms with E-state index in [9.17, 15) is 0 Å². The molecular formula is C17H22N4. The molecule has 21 heavy (non-hydrogen) atoms. The minimum Gasteiger partial charge on any atom is -0.365 e. The molecule has 0 unspecified atom stereocenters. The van der Waals surface area contributed by atoms with Gasteiger partial charge >= 0.3 is 0 Å². The lowest BCUT2D eigenvalue weighted by Gasteiger charge is -2.30. The topological polar surface area (TPSA) is 41.0 Å². The molecule has 1 N–H and O–H groups in total. The van der Waals surface area contributed by atoms with Crippen molar-refractivity contribution in [2.24, 2.45) is 0 Å². The number of para-hydroxylation sites is 1. The molecule has 1 aromatic heterocycles. The maximum atomic E-state index is 4.47. The highest BCUT2D eigenvalue weighted by atomic mass is 15.2. The van der Waals surface area contributed by atoms with Crippen molar-refractivity contribution >= 4 is 17.3 Å². The zero-order chi connectivity index (χ0) is 14.9. The van der Waals surface area contributed by atoms with Crippen LogP contribution >= 0.6 is 0 Å². The lowest BCUT2D eigenvalue weighted by atomic mass is 10.0. The number of aromatic nitrogens is 2. The predicted molar refractivity (Wildman–Crippen MR) is 87.2 cm³/mol. The summed E-state index contributed by atoms with van der Waals surface area (Å²) in [6, 6.07) is 10.6. The van der Waals surface area contributed by atoms with Gasteiger partial charge in [0.2, 0.25) is 0 Å². The van der Waals surface area contributed by atoms with Gasteiger partial charge in [0.15, 0.2) is 0 Å². The quantitative estimate of drug-likeness (QED) is 0.910. The molecular weight excluding hydrogens is 260 g/mol. The van der Waals surface area contributed by atoms with Gasteiger partial charge in [0.05, 0.1) is 0 Å². The standard InChI is InChI=1S/C17H22N4/c1-17(2,3)20-15-11-16(19-12-18-15)21-10-6-8-13-7-4-5-9-14(13)21/h4-5,7,9,11-12H,6,8,10H2,1-3H3,(H,18,19,20). The summed E-state index contributed by atoms with van der Waals surface area (Å²) in [5, 5.41) is 3.41. The van der Waals surface area contributed by atoms with Crippen molar-refractivity contribution in [3.8, 4) is 0 Å². The second kappa shape index (κ2) is 5.35. The summed E-state index contributed by atoms with van der Waals surface area (Å²) in [6.07, 6.45) is 3.94. The number of anilines is 3. The van der Waals surface area contributed by atoms with Crippen LogP contribution in [0.2, 0.25) is 0 Å². The number of aryl methyl sites for hydroxylation is 1. The monoisotopic (exact) mass is 282 g/mol. The fourth-order valence-electron chi connectivity index (χ4n) is 2.72.